The normalized spacial score (nSPS) is 15.3. The van der Waals surface area contributed by atoms with E-state index >= 15 is 0 Å². The molecule has 3 aromatic heterocycles. The number of fused-ring (bicyclic) bond motifs is 3. The lowest BCUT2D eigenvalue weighted by molar-refractivity contribution is 0.401. The molecule has 31 heavy (non-hydrogen) atoms. The van der Waals surface area contributed by atoms with Gasteiger partial charge >= 0.3 is 0 Å². The summed E-state index contributed by atoms with van der Waals surface area (Å²) in [6.07, 6.45) is 5.66. The number of nitrogens with zero attached hydrogens (tertiary/aromatic N) is 5. The van der Waals surface area contributed by atoms with Gasteiger partial charge in [0, 0.05) is 30.5 Å². The number of anilines is 1. The number of hydrogen-bond acceptors (Lipinski definition) is 4. The molecule has 5 rings (SSSR count). The zero-order valence-electron chi connectivity index (χ0n) is 18.8. The Balaban J connectivity index is 1.48. The molecule has 1 aromatic carbocycles. The van der Waals surface area contributed by atoms with E-state index in [-0.39, 0.29) is 0 Å². The Morgan fingerprint density at radius 1 is 1.00 bits per heavy atom. The van der Waals surface area contributed by atoms with E-state index < -0.39 is 0 Å². The van der Waals surface area contributed by atoms with Crippen molar-refractivity contribution in [2.45, 2.75) is 52.9 Å². The van der Waals surface area contributed by atoms with Gasteiger partial charge < -0.3 is 4.90 Å². The van der Waals surface area contributed by atoms with Crippen molar-refractivity contribution in [1.29, 1.82) is 0 Å². The van der Waals surface area contributed by atoms with Crippen LogP contribution in [0.25, 0.3) is 16.7 Å². The molecular formula is C26H31N5. The average molecular weight is 414 g/mol. The smallest absolute Gasteiger partial charge is 0.184 e. The molecule has 0 radical (unpaired) electrons. The number of aromatic nitrogens is 4. The van der Waals surface area contributed by atoms with Crippen LogP contribution < -0.4 is 4.90 Å². The van der Waals surface area contributed by atoms with Gasteiger partial charge in [0.2, 0.25) is 0 Å². The van der Waals surface area contributed by atoms with Gasteiger partial charge in [-0.1, -0.05) is 43.7 Å². The molecule has 1 aliphatic heterocycles. The van der Waals surface area contributed by atoms with Crippen LogP contribution in [0.1, 0.15) is 48.7 Å². The number of benzene rings is 1. The molecule has 0 saturated carbocycles. The Hall–Kier alpha value is -2.95. The average Bonchev–Trinajstić information content (AvgIpc) is 3.13. The second kappa shape index (κ2) is 8.29. The van der Waals surface area contributed by atoms with E-state index in [1.807, 2.05) is 11.4 Å². The van der Waals surface area contributed by atoms with Crippen LogP contribution in [0.3, 0.4) is 0 Å². The number of aryl methyl sites for hydroxylation is 3. The van der Waals surface area contributed by atoms with Gasteiger partial charge in [-0.25, -0.2) is 9.97 Å². The maximum absolute atomic E-state index is 5.00. The van der Waals surface area contributed by atoms with Crippen molar-refractivity contribution >= 4 is 22.5 Å². The van der Waals surface area contributed by atoms with Crippen molar-refractivity contribution in [2.24, 2.45) is 5.92 Å². The minimum absolute atomic E-state index is 0.745. The van der Waals surface area contributed by atoms with E-state index in [4.69, 9.17) is 15.1 Å². The van der Waals surface area contributed by atoms with Gasteiger partial charge in [0.1, 0.15) is 5.82 Å². The van der Waals surface area contributed by atoms with E-state index in [9.17, 15) is 0 Å². The van der Waals surface area contributed by atoms with Crippen molar-refractivity contribution in [3.05, 3.63) is 65.0 Å². The topological polar surface area (TPSA) is 46.3 Å². The highest BCUT2D eigenvalue weighted by molar-refractivity contribution is 5.93. The molecule has 0 bridgehead atoms. The molecule has 1 fully saturated rings. The number of pyridine rings is 1. The fourth-order valence-electron chi connectivity index (χ4n) is 4.98. The number of hydrogen-bond donors (Lipinski definition) is 0. The first-order valence-electron chi connectivity index (χ1n) is 11.6. The fraction of sp³-hybridized carbons (Fsp3) is 0.423. The maximum atomic E-state index is 5.00. The molecule has 0 amide bonds. The van der Waals surface area contributed by atoms with Crippen molar-refractivity contribution in [3.8, 4) is 0 Å². The molecule has 0 atom stereocenters. The van der Waals surface area contributed by atoms with Crippen molar-refractivity contribution in [2.75, 3.05) is 18.0 Å². The van der Waals surface area contributed by atoms with Gasteiger partial charge in [-0.3, -0.25) is 0 Å². The predicted molar refractivity (Wildman–Crippen MR) is 127 cm³/mol. The van der Waals surface area contributed by atoms with Crippen LogP contribution in [0.15, 0.2) is 42.5 Å². The van der Waals surface area contributed by atoms with Crippen LogP contribution >= 0.6 is 0 Å². The van der Waals surface area contributed by atoms with Crippen LogP contribution in [0.4, 0.5) is 5.82 Å². The summed E-state index contributed by atoms with van der Waals surface area (Å²) >= 11 is 0. The Morgan fingerprint density at radius 3 is 2.52 bits per heavy atom. The molecule has 160 valence electrons. The molecule has 4 aromatic rings. The summed E-state index contributed by atoms with van der Waals surface area (Å²) in [5.41, 5.74) is 6.56. The number of piperidine rings is 1. The molecule has 1 aliphatic rings. The molecule has 5 heteroatoms. The van der Waals surface area contributed by atoms with Crippen LogP contribution in [0.2, 0.25) is 0 Å². The fourth-order valence-corrected chi connectivity index (χ4v) is 4.98. The van der Waals surface area contributed by atoms with Crippen LogP contribution in [-0.2, 0) is 12.8 Å². The molecule has 0 aliphatic carbocycles. The molecule has 1 saturated heterocycles. The first-order valence-corrected chi connectivity index (χ1v) is 11.6. The Labute approximate surface area is 184 Å². The van der Waals surface area contributed by atoms with E-state index in [1.54, 1.807) is 0 Å². The first-order chi connectivity index (χ1) is 15.1. The summed E-state index contributed by atoms with van der Waals surface area (Å²) in [4.78, 5) is 12.2. The van der Waals surface area contributed by atoms with Crippen LogP contribution in [-0.4, -0.2) is 32.7 Å². The van der Waals surface area contributed by atoms with Gasteiger partial charge in [0.05, 0.1) is 5.39 Å². The number of rotatable bonds is 5. The minimum Gasteiger partial charge on any atom is -0.356 e. The van der Waals surface area contributed by atoms with Gasteiger partial charge in [0.15, 0.2) is 11.3 Å². The largest absolute Gasteiger partial charge is 0.356 e. The third-order valence-electron chi connectivity index (χ3n) is 6.52. The SMILES string of the molecule is CCCc1cc(N2CCC(Cc3ccccc3)CC2)n2nc3nc(C)cc(C)c3c2n1. The highest BCUT2D eigenvalue weighted by Gasteiger charge is 2.24. The lowest BCUT2D eigenvalue weighted by atomic mass is 9.90. The summed E-state index contributed by atoms with van der Waals surface area (Å²) in [6.45, 7) is 8.51. The molecule has 5 nitrogen and oxygen atoms in total. The van der Waals surface area contributed by atoms with Crippen LogP contribution in [0.5, 0.6) is 0 Å². The zero-order valence-corrected chi connectivity index (χ0v) is 18.8. The molecular weight excluding hydrogens is 382 g/mol. The van der Waals surface area contributed by atoms with Gasteiger partial charge in [-0.05, 0) is 62.6 Å². The summed E-state index contributed by atoms with van der Waals surface area (Å²) < 4.78 is 2.04. The van der Waals surface area contributed by atoms with Crippen LogP contribution in [0, 0.1) is 19.8 Å². The predicted octanol–water partition coefficient (Wildman–Crippen LogP) is 5.31. The first kappa shape index (κ1) is 20.0. The Kier molecular flexibility index (Phi) is 5.34. The lowest BCUT2D eigenvalue weighted by Gasteiger charge is -2.33. The van der Waals surface area contributed by atoms with Gasteiger partial charge in [-0.15, -0.1) is 5.10 Å². The van der Waals surface area contributed by atoms with E-state index in [1.165, 1.54) is 36.2 Å². The Bertz CT molecular complexity index is 1200. The van der Waals surface area contributed by atoms with Gasteiger partial charge in [0.25, 0.3) is 0 Å². The molecule has 4 heterocycles. The summed E-state index contributed by atoms with van der Waals surface area (Å²) in [7, 11) is 0. The second-order valence-corrected chi connectivity index (χ2v) is 8.99. The zero-order chi connectivity index (χ0) is 21.4. The summed E-state index contributed by atoms with van der Waals surface area (Å²) in [6, 6.07) is 15.3. The van der Waals surface area contributed by atoms with Gasteiger partial charge in [-0.2, -0.15) is 4.52 Å². The second-order valence-electron chi connectivity index (χ2n) is 8.99. The van der Waals surface area contributed by atoms with E-state index in [0.29, 0.717) is 0 Å². The molecule has 0 N–H and O–H groups in total. The minimum atomic E-state index is 0.745. The summed E-state index contributed by atoms with van der Waals surface area (Å²) in [5, 5.41) is 5.99. The quantitative estimate of drug-likeness (QED) is 0.445. The van der Waals surface area contributed by atoms with Crippen molar-refractivity contribution in [3.63, 3.8) is 0 Å². The molecule has 0 spiro atoms. The van der Waals surface area contributed by atoms with Crippen molar-refractivity contribution < 1.29 is 0 Å². The highest BCUT2D eigenvalue weighted by atomic mass is 15.4. The van der Waals surface area contributed by atoms with E-state index in [2.05, 4.69) is 61.2 Å². The lowest BCUT2D eigenvalue weighted by Crippen LogP contribution is -2.35. The third-order valence-corrected chi connectivity index (χ3v) is 6.52. The highest BCUT2D eigenvalue weighted by Crippen LogP contribution is 2.30. The Morgan fingerprint density at radius 2 is 1.77 bits per heavy atom. The van der Waals surface area contributed by atoms with Crippen molar-refractivity contribution in [1.82, 2.24) is 19.6 Å². The standard InChI is InChI=1S/C26H31N5/c1-4-8-22-17-23(30-13-11-21(12-14-30)16-20-9-6-5-7-10-20)31-26(28-22)24-18(2)15-19(3)27-25(24)29-31/h5-7,9-10,15,17,21H,4,8,11-14,16H2,1-3H3. The summed E-state index contributed by atoms with van der Waals surface area (Å²) in [5.74, 6) is 1.91. The monoisotopic (exact) mass is 413 g/mol. The van der Waals surface area contributed by atoms with E-state index in [0.717, 1.165) is 59.9 Å². The third kappa shape index (κ3) is 3.89. The molecule has 0 unspecified atom stereocenters. The maximum Gasteiger partial charge on any atom is 0.184 e.